The van der Waals surface area contributed by atoms with Crippen molar-refractivity contribution in [1.29, 1.82) is 5.26 Å². The second kappa shape index (κ2) is 7.50. The van der Waals surface area contributed by atoms with Crippen LogP contribution in [0.15, 0.2) is 53.8 Å². The molecule has 0 saturated carbocycles. The van der Waals surface area contributed by atoms with Crippen molar-refractivity contribution in [3.63, 3.8) is 0 Å². The molecule has 3 rings (SSSR count). The fraction of sp³-hybridized carbons (Fsp3) is 0.211. The van der Waals surface area contributed by atoms with Crippen molar-refractivity contribution < 1.29 is 0 Å². The molecule has 2 heterocycles. The van der Waals surface area contributed by atoms with Gasteiger partial charge in [0.2, 0.25) is 5.95 Å². The highest BCUT2D eigenvalue weighted by atomic mass is 32.2. The van der Waals surface area contributed by atoms with Crippen molar-refractivity contribution in [2.75, 3.05) is 11.6 Å². The molecule has 1 aromatic carbocycles. The molecule has 0 amide bonds. The van der Waals surface area contributed by atoms with Gasteiger partial charge in [-0.05, 0) is 37.8 Å². The predicted octanol–water partition coefficient (Wildman–Crippen LogP) is 3.87. The van der Waals surface area contributed by atoms with Gasteiger partial charge in [-0.15, -0.1) is 11.8 Å². The Morgan fingerprint density at radius 2 is 1.81 bits per heavy atom. The summed E-state index contributed by atoms with van der Waals surface area (Å²) in [6.45, 7) is 4.19. The Balaban J connectivity index is 1.84. The van der Waals surface area contributed by atoms with Gasteiger partial charge in [-0.3, -0.25) is 0 Å². The molecule has 0 aliphatic rings. The second-order valence-electron chi connectivity index (χ2n) is 6.12. The number of anilines is 1. The molecule has 130 valence electrons. The quantitative estimate of drug-likeness (QED) is 0.689. The third-order valence-corrected chi connectivity index (χ3v) is 4.68. The summed E-state index contributed by atoms with van der Waals surface area (Å²) in [5.74, 6) is 0.952. The first-order valence-electron chi connectivity index (χ1n) is 8.01. The van der Waals surface area contributed by atoms with E-state index in [1.165, 1.54) is 10.5 Å². The number of benzene rings is 1. The molecule has 0 saturated heterocycles. The number of thioether (sulfide) groups is 1. The number of hydrogen-bond acceptors (Lipinski definition) is 7. The average molecular weight is 362 g/mol. The zero-order chi connectivity index (χ0) is 18.6. The molecule has 0 unspecified atom stereocenters. The Morgan fingerprint density at radius 1 is 1.08 bits per heavy atom. The first kappa shape index (κ1) is 17.8. The second-order valence-corrected chi connectivity index (χ2v) is 6.97. The van der Waals surface area contributed by atoms with Gasteiger partial charge in [0.1, 0.15) is 11.8 Å². The summed E-state index contributed by atoms with van der Waals surface area (Å²) < 4.78 is 0. The molecule has 0 bridgehead atoms. The molecular weight excluding hydrogens is 344 g/mol. The van der Waals surface area contributed by atoms with Crippen LogP contribution < -0.4 is 5.32 Å². The van der Waals surface area contributed by atoms with Crippen LogP contribution in [0.2, 0.25) is 0 Å². The summed E-state index contributed by atoms with van der Waals surface area (Å²) >= 11 is 1.71. The fourth-order valence-electron chi connectivity index (χ4n) is 2.58. The monoisotopic (exact) mass is 362 g/mol. The number of rotatable bonds is 5. The van der Waals surface area contributed by atoms with Crippen LogP contribution in [0, 0.1) is 11.3 Å². The SMILES string of the molecule is CSc1ccccc1C(C)(C)Nc1ncc(-c2nccc(C#N)n2)cn1. The number of nitrogens with zero attached hydrogens (tertiary/aromatic N) is 5. The van der Waals surface area contributed by atoms with Crippen LogP contribution in [0.5, 0.6) is 0 Å². The minimum atomic E-state index is -0.335. The maximum absolute atomic E-state index is 8.95. The van der Waals surface area contributed by atoms with Crippen molar-refractivity contribution in [2.24, 2.45) is 0 Å². The molecule has 0 radical (unpaired) electrons. The Kier molecular flexibility index (Phi) is 5.14. The molecule has 2 aromatic heterocycles. The van der Waals surface area contributed by atoms with Gasteiger partial charge in [-0.1, -0.05) is 18.2 Å². The van der Waals surface area contributed by atoms with Gasteiger partial charge < -0.3 is 5.32 Å². The van der Waals surface area contributed by atoms with E-state index in [2.05, 4.69) is 57.5 Å². The topological polar surface area (TPSA) is 87.4 Å². The van der Waals surface area contributed by atoms with Gasteiger partial charge in [0.25, 0.3) is 0 Å². The standard InChI is InChI=1S/C19H18N6S/c1-19(2,15-6-4-5-7-16(15)26-3)25-18-22-11-13(12-23-18)17-21-9-8-14(10-20)24-17/h4-9,11-12H,1-3H3,(H,22,23,25). The molecule has 0 aliphatic heterocycles. The zero-order valence-electron chi connectivity index (χ0n) is 14.8. The maximum atomic E-state index is 8.95. The Morgan fingerprint density at radius 3 is 2.50 bits per heavy atom. The van der Waals surface area contributed by atoms with Gasteiger partial charge in [0, 0.05) is 23.5 Å². The maximum Gasteiger partial charge on any atom is 0.223 e. The van der Waals surface area contributed by atoms with Crippen molar-refractivity contribution in [2.45, 2.75) is 24.3 Å². The lowest BCUT2D eigenvalue weighted by Crippen LogP contribution is -2.29. The highest BCUT2D eigenvalue weighted by Gasteiger charge is 2.24. The first-order chi connectivity index (χ1) is 12.5. The summed E-state index contributed by atoms with van der Waals surface area (Å²) in [6, 6.07) is 11.8. The lowest BCUT2D eigenvalue weighted by molar-refractivity contribution is 0.589. The molecule has 6 nitrogen and oxygen atoms in total. The molecule has 0 aliphatic carbocycles. The minimum absolute atomic E-state index is 0.312. The lowest BCUT2D eigenvalue weighted by atomic mass is 9.94. The van der Waals surface area contributed by atoms with E-state index in [-0.39, 0.29) is 5.54 Å². The van der Waals surface area contributed by atoms with E-state index in [0.717, 1.165) is 0 Å². The predicted molar refractivity (Wildman–Crippen MR) is 103 cm³/mol. The van der Waals surface area contributed by atoms with Gasteiger partial charge in [0.05, 0.1) is 11.1 Å². The summed E-state index contributed by atoms with van der Waals surface area (Å²) in [7, 11) is 0. The molecule has 0 fully saturated rings. The minimum Gasteiger partial charge on any atom is -0.345 e. The van der Waals surface area contributed by atoms with E-state index in [0.29, 0.717) is 23.0 Å². The van der Waals surface area contributed by atoms with E-state index < -0.39 is 0 Å². The molecule has 1 N–H and O–H groups in total. The molecule has 7 heteroatoms. The van der Waals surface area contributed by atoms with Gasteiger partial charge >= 0.3 is 0 Å². The van der Waals surface area contributed by atoms with E-state index in [1.54, 1.807) is 36.4 Å². The molecule has 0 atom stereocenters. The van der Waals surface area contributed by atoms with Crippen molar-refractivity contribution in [3.8, 4) is 17.5 Å². The van der Waals surface area contributed by atoms with Gasteiger partial charge in [-0.2, -0.15) is 5.26 Å². The van der Waals surface area contributed by atoms with Crippen LogP contribution in [0.25, 0.3) is 11.4 Å². The third kappa shape index (κ3) is 3.81. The fourth-order valence-corrected chi connectivity index (χ4v) is 3.33. The number of hydrogen-bond donors (Lipinski definition) is 1. The summed E-state index contributed by atoms with van der Waals surface area (Å²) in [4.78, 5) is 18.3. The van der Waals surface area contributed by atoms with Crippen molar-refractivity contribution in [3.05, 3.63) is 60.2 Å². The van der Waals surface area contributed by atoms with Crippen LogP contribution >= 0.6 is 11.8 Å². The van der Waals surface area contributed by atoms with Gasteiger partial charge in [0.15, 0.2) is 5.82 Å². The lowest BCUT2D eigenvalue weighted by Gasteiger charge is -2.28. The van der Waals surface area contributed by atoms with Crippen LogP contribution in [0.1, 0.15) is 25.1 Å². The van der Waals surface area contributed by atoms with E-state index >= 15 is 0 Å². The normalized spacial score (nSPS) is 11.0. The summed E-state index contributed by atoms with van der Waals surface area (Å²) in [6.07, 6.45) is 6.93. The molecule has 3 aromatic rings. The smallest absolute Gasteiger partial charge is 0.223 e. The Labute approximate surface area is 156 Å². The van der Waals surface area contributed by atoms with Gasteiger partial charge in [-0.25, -0.2) is 19.9 Å². The number of aromatic nitrogens is 4. The van der Waals surface area contributed by atoms with Crippen molar-refractivity contribution >= 4 is 17.7 Å². The third-order valence-electron chi connectivity index (χ3n) is 3.88. The first-order valence-corrected chi connectivity index (χ1v) is 9.23. The largest absolute Gasteiger partial charge is 0.345 e. The van der Waals surface area contributed by atoms with E-state index in [4.69, 9.17) is 5.26 Å². The average Bonchev–Trinajstić information content (AvgIpc) is 2.68. The van der Waals surface area contributed by atoms with E-state index in [9.17, 15) is 0 Å². The molecule has 26 heavy (non-hydrogen) atoms. The highest BCUT2D eigenvalue weighted by molar-refractivity contribution is 7.98. The Hall–Kier alpha value is -2.98. The highest BCUT2D eigenvalue weighted by Crippen LogP contribution is 2.31. The van der Waals surface area contributed by atoms with Crippen LogP contribution in [0.3, 0.4) is 0 Å². The van der Waals surface area contributed by atoms with E-state index in [1.807, 2.05) is 18.2 Å². The number of nitriles is 1. The van der Waals surface area contributed by atoms with Crippen LogP contribution in [-0.2, 0) is 5.54 Å². The zero-order valence-corrected chi connectivity index (χ0v) is 15.6. The molecular formula is C19H18N6S. The summed E-state index contributed by atoms with van der Waals surface area (Å²) in [5.41, 5.74) is 1.82. The van der Waals surface area contributed by atoms with Crippen LogP contribution in [-0.4, -0.2) is 26.2 Å². The van der Waals surface area contributed by atoms with Crippen molar-refractivity contribution in [1.82, 2.24) is 19.9 Å². The van der Waals surface area contributed by atoms with Crippen LogP contribution in [0.4, 0.5) is 5.95 Å². The molecule has 0 spiro atoms. The number of nitrogens with one attached hydrogen (secondary N) is 1. The Bertz CT molecular complexity index is 947. The summed E-state index contributed by atoms with van der Waals surface area (Å²) in [5, 5.41) is 12.3.